The highest BCUT2D eigenvalue weighted by Crippen LogP contribution is 2.17. The molecule has 0 spiro atoms. The molecule has 0 aliphatic carbocycles. The standard InChI is InChI=1S/C8H10N2O/c1-2-5-9-7(3-1)8-4-6-11-10-8/h1-3,5,8,10H,4,6H2/t8-/m0/s1. The van der Waals surface area contributed by atoms with Crippen LogP contribution in [0.25, 0.3) is 0 Å². The van der Waals surface area contributed by atoms with Crippen molar-refractivity contribution < 1.29 is 4.84 Å². The van der Waals surface area contributed by atoms with Gasteiger partial charge in [0.2, 0.25) is 0 Å². The largest absolute Gasteiger partial charge is 0.301 e. The van der Waals surface area contributed by atoms with Crippen molar-refractivity contribution in [2.45, 2.75) is 12.5 Å². The molecular weight excluding hydrogens is 140 g/mol. The summed E-state index contributed by atoms with van der Waals surface area (Å²) in [5.74, 6) is 0. The summed E-state index contributed by atoms with van der Waals surface area (Å²) < 4.78 is 0. The Morgan fingerprint density at radius 1 is 1.55 bits per heavy atom. The Labute approximate surface area is 65.4 Å². The van der Waals surface area contributed by atoms with Gasteiger partial charge in [0.15, 0.2) is 0 Å². The third-order valence-corrected chi connectivity index (χ3v) is 1.78. The van der Waals surface area contributed by atoms with E-state index < -0.39 is 0 Å². The van der Waals surface area contributed by atoms with Gasteiger partial charge in [0.05, 0.1) is 18.3 Å². The maximum Gasteiger partial charge on any atom is 0.0766 e. The first-order chi connectivity index (χ1) is 5.47. The number of nitrogens with one attached hydrogen (secondary N) is 1. The Bertz CT molecular complexity index is 219. The summed E-state index contributed by atoms with van der Waals surface area (Å²) in [6.07, 6.45) is 2.81. The first-order valence-corrected chi connectivity index (χ1v) is 3.75. The maximum absolute atomic E-state index is 5.02. The van der Waals surface area contributed by atoms with Crippen LogP contribution >= 0.6 is 0 Å². The van der Waals surface area contributed by atoms with Crippen molar-refractivity contribution in [3.8, 4) is 0 Å². The summed E-state index contributed by atoms with van der Waals surface area (Å²) in [6, 6.07) is 6.20. The molecule has 0 bridgehead atoms. The van der Waals surface area contributed by atoms with Crippen molar-refractivity contribution in [3.05, 3.63) is 30.1 Å². The minimum absolute atomic E-state index is 0.288. The summed E-state index contributed by atoms with van der Waals surface area (Å²) in [6.45, 7) is 0.779. The number of nitrogens with zero attached hydrogens (tertiary/aromatic N) is 1. The van der Waals surface area contributed by atoms with Crippen molar-refractivity contribution in [3.63, 3.8) is 0 Å². The van der Waals surface area contributed by atoms with Crippen LogP contribution < -0.4 is 5.48 Å². The lowest BCUT2D eigenvalue weighted by Crippen LogP contribution is -2.12. The van der Waals surface area contributed by atoms with Crippen molar-refractivity contribution >= 4 is 0 Å². The molecule has 1 aliphatic rings. The monoisotopic (exact) mass is 150 g/mol. The van der Waals surface area contributed by atoms with Gasteiger partial charge in [0, 0.05) is 6.20 Å². The number of hydrogen-bond donors (Lipinski definition) is 1. The van der Waals surface area contributed by atoms with Gasteiger partial charge in [-0.2, -0.15) is 5.48 Å². The van der Waals surface area contributed by atoms with Gasteiger partial charge in [-0.05, 0) is 18.6 Å². The Hall–Kier alpha value is -0.930. The molecule has 11 heavy (non-hydrogen) atoms. The molecule has 0 saturated carbocycles. The molecule has 1 aromatic rings. The summed E-state index contributed by atoms with van der Waals surface area (Å²) in [5.41, 5.74) is 3.97. The van der Waals surface area contributed by atoms with Crippen LogP contribution in [0.15, 0.2) is 24.4 Å². The SMILES string of the molecule is c1ccc([C@@H]2CCON2)nc1. The van der Waals surface area contributed by atoms with E-state index in [1.807, 2.05) is 18.2 Å². The minimum Gasteiger partial charge on any atom is -0.301 e. The van der Waals surface area contributed by atoms with Gasteiger partial charge in [0.25, 0.3) is 0 Å². The first-order valence-electron chi connectivity index (χ1n) is 3.75. The summed E-state index contributed by atoms with van der Waals surface area (Å²) >= 11 is 0. The van der Waals surface area contributed by atoms with E-state index in [9.17, 15) is 0 Å². The molecule has 1 atom stereocenters. The lowest BCUT2D eigenvalue weighted by Gasteiger charge is -2.05. The normalized spacial score (nSPS) is 23.8. The van der Waals surface area contributed by atoms with Gasteiger partial charge in [-0.3, -0.25) is 4.98 Å². The van der Waals surface area contributed by atoms with Crippen molar-refractivity contribution in [2.75, 3.05) is 6.61 Å². The van der Waals surface area contributed by atoms with E-state index >= 15 is 0 Å². The molecular formula is C8H10N2O. The second kappa shape index (κ2) is 2.98. The molecule has 0 amide bonds. The van der Waals surface area contributed by atoms with E-state index in [4.69, 9.17) is 4.84 Å². The molecule has 1 aliphatic heterocycles. The number of pyridine rings is 1. The zero-order valence-corrected chi connectivity index (χ0v) is 6.16. The van der Waals surface area contributed by atoms with Gasteiger partial charge >= 0.3 is 0 Å². The van der Waals surface area contributed by atoms with Gasteiger partial charge in [0.1, 0.15) is 0 Å². The minimum atomic E-state index is 0.288. The maximum atomic E-state index is 5.02. The highest BCUT2D eigenvalue weighted by atomic mass is 16.7. The number of rotatable bonds is 1. The van der Waals surface area contributed by atoms with Crippen LogP contribution in [0.5, 0.6) is 0 Å². The smallest absolute Gasteiger partial charge is 0.0766 e. The van der Waals surface area contributed by atoms with E-state index in [0.29, 0.717) is 0 Å². The van der Waals surface area contributed by atoms with Gasteiger partial charge < -0.3 is 4.84 Å². The van der Waals surface area contributed by atoms with Gasteiger partial charge in [-0.1, -0.05) is 6.07 Å². The van der Waals surface area contributed by atoms with E-state index in [1.54, 1.807) is 6.20 Å². The fourth-order valence-electron chi connectivity index (χ4n) is 1.19. The molecule has 1 aromatic heterocycles. The van der Waals surface area contributed by atoms with Crippen LogP contribution in [0.2, 0.25) is 0 Å². The fraction of sp³-hybridized carbons (Fsp3) is 0.375. The van der Waals surface area contributed by atoms with Crippen molar-refractivity contribution in [1.82, 2.24) is 10.5 Å². The Morgan fingerprint density at radius 2 is 2.55 bits per heavy atom. The topological polar surface area (TPSA) is 34.1 Å². The number of aromatic nitrogens is 1. The van der Waals surface area contributed by atoms with Gasteiger partial charge in [-0.15, -0.1) is 0 Å². The Balaban J connectivity index is 2.16. The molecule has 3 nitrogen and oxygen atoms in total. The zero-order valence-electron chi connectivity index (χ0n) is 6.16. The molecule has 58 valence electrons. The predicted octanol–water partition coefficient (Wildman–Crippen LogP) is 1.05. The molecule has 0 aromatic carbocycles. The van der Waals surface area contributed by atoms with Crippen LogP contribution in [0, 0.1) is 0 Å². The van der Waals surface area contributed by atoms with Crippen LogP contribution in [-0.2, 0) is 4.84 Å². The molecule has 1 saturated heterocycles. The summed E-state index contributed by atoms with van der Waals surface area (Å²) in [4.78, 5) is 9.24. The third kappa shape index (κ3) is 1.39. The highest BCUT2D eigenvalue weighted by molar-refractivity contribution is 5.08. The average molecular weight is 150 g/mol. The first kappa shape index (κ1) is 6.76. The second-order valence-electron chi connectivity index (χ2n) is 2.56. The molecule has 0 radical (unpaired) electrons. The van der Waals surface area contributed by atoms with Crippen LogP contribution in [0.4, 0.5) is 0 Å². The molecule has 2 heterocycles. The average Bonchev–Trinajstić information content (AvgIpc) is 2.58. The molecule has 0 unspecified atom stereocenters. The molecule has 3 heteroatoms. The van der Waals surface area contributed by atoms with E-state index in [1.165, 1.54) is 0 Å². The Kier molecular flexibility index (Phi) is 1.83. The fourth-order valence-corrected chi connectivity index (χ4v) is 1.19. The lowest BCUT2D eigenvalue weighted by molar-refractivity contribution is 0.0877. The second-order valence-corrected chi connectivity index (χ2v) is 2.56. The predicted molar refractivity (Wildman–Crippen MR) is 40.7 cm³/mol. The summed E-state index contributed by atoms with van der Waals surface area (Å²) in [5, 5.41) is 0. The van der Waals surface area contributed by atoms with Crippen molar-refractivity contribution in [1.29, 1.82) is 0 Å². The van der Waals surface area contributed by atoms with Crippen LogP contribution in [0.3, 0.4) is 0 Å². The summed E-state index contributed by atoms with van der Waals surface area (Å²) in [7, 11) is 0. The quantitative estimate of drug-likeness (QED) is 0.649. The zero-order chi connectivity index (χ0) is 7.52. The van der Waals surface area contributed by atoms with Crippen molar-refractivity contribution in [2.24, 2.45) is 0 Å². The molecule has 1 N–H and O–H groups in total. The van der Waals surface area contributed by atoms with Crippen LogP contribution in [0.1, 0.15) is 18.2 Å². The number of hydroxylamine groups is 1. The molecule has 2 rings (SSSR count). The Morgan fingerprint density at radius 3 is 3.18 bits per heavy atom. The van der Waals surface area contributed by atoms with Gasteiger partial charge in [-0.25, -0.2) is 0 Å². The van der Waals surface area contributed by atoms with E-state index in [2.05, 4.69) is 10.5 Å². The highest BCUT2D eigenvalue weighted by Gasteiger charge is 2.17. The third-order valence-electron chi connectivity index (χ3n) is 1.78. The molecule has 1 fully saturated rings. The van der Waals surface area contributed by atoms with E-state index in [-0.39, 0.29) is 6.04 Å². The number of hydrogen-bond acceptors (Lipinski definition) is 3. The van der Waals surface area contributed by atoms with E-state index in [0.717, 1.165) is 18.7 Å². The lowest BCUT2D eigenvalue weighted by atomic mass is 10.1. The van der Waals surface area contributed by atoms with Crippen LogP contribution in [-0.4, -0.2) is 11.6 Å².